The highest BCUT2D eigenvalue weighted by atomic mass is 35.5. The first kappa shape index (κ1) is 18.1. The third-order valence-electron chi connectivity index (χ3n) is 2.85. The van der Waals surface area contributed by atoms with E-state index in [0.29, 0.717) is 28.6 Å². The summed E-state index contributed by atoms with van der Waals surface area (Å²) < 4.78 is 4.53. The van der Waals surface area contributed by atoms with Crippen LogP contribution in [-0.4, -0.2) is 29.9 Å². The maximum atomic E-state index is 11.2. The summed E-state index contributed by atoms with van der Waals surface area (Å²) in [6.45, 7) is 0. The highest BCUT2D eigenvalue weighted by molar-refractivity contribution is 7.99. The molecule has 0 amide bonds. The standard InChI is InChI=1S/C14H16Cl2O4S/c1-20-13(17)4-2-3-9(14(18)19)8-21-10-5-6-11(15)12(16)7-10/h5-7,9H,2-4,8H2,1H3,(H,18,19). The Morgan fingerprint density at radius 3 is 2.62 bits per heavy atom. The number of halogens is 2. The average molecular weight is 351 g/mol. The van der Waals surface area contributed by atoms with E-state index in [1.165, 1.54) is 18.9 Å². The minimum atomic E-state index is -0.868. The van der Waals surface area contributed by atoms with Crippen molar-refractivity contribution in [2.45, 2.75) is 24.2 Å². The van der Waals surface area contributed by atoms with E-state index in [-0.39, 0.29) is 12.4 Å². The lowest BCUT2D eigenvalue weighted by atomic mass is 10.0. The molecule has 4 nitrogen and oxygen atoms in total. The highest BCUT2D eigenvalue weighted by Crippen LogP contribution is 2.29. The zero-order valence-electron chi connectivity index (χ0n) is 11.5. The van der Waals surface area contributed by atoms with Crippen LogP contribution in [0.15, 0.2) is 23.1 Å². The number of thioether (sulfide) groups is 1. The van der Waals surface area contributed by atoms with Gasteiger partial charge in [0.15, 0.2) is 0 Å². The lowest BCUT2D eigenvalue weighted by Gasteiger charge is -2.11. The Balaban J connectivity index is 2.48. The number of rotatable bonds is 8. The second-order valence-corrected chi connectivity index (χ2v) is 6.30. The van der Waals surface area contributed by atoms with E-state index in [2.05, 4.69) is 4.74 Å². The van der Waals surface area contributed by atoms with Crippen LogP contribution >= 0.6 is 35.0 Å². The zero-order valence-corrected chi connectivity index (χ0v) is 13.8. The molecule has 1 rings (SSSR count). The number of methoxy groups -OCH3 is 1. The number of carbonyl (C=O) groups excluding carboxylic acids is 1. The second kappa shape index (κ2) is 9.18. The highest BCUT2D eigenvalue weighted by Gasteiger charge is 2.18. The van der Waals surface area contributed by atoms with Crippen LogP contribution in [0.2, 0.25) is 10.0 Å². The number of ether oxygens (including phenoxy) is 1. The summed E-state index contributed by atoms with van der Waals surface area (Å²) in [5, 5.41) is 10.1. The first-order valence-corrected chi connectivity index (χ1v) is 8.05. The van der Waals surface area contributed by atoms with Gasteiger partial charge in [0.25, 0.3) is 0 Å². The molecule has 1 N–H and O–H groups in total. The molecule has 21 heavy (non-hydrogen) atoms. The maximum Gasteiger partial charge on any atom is 0.307 e. The number of aliphatic carboxylic acids is 1. The van der Waals surface area contributed by atoms with Crippen molar-refractivity contribution in [3.05, 3.63) is 28.2 Å². The van der Waals surface area contributed by atoms with Crippen LogP contribution in [0.5, 0.6) is 0 Å². The second-order valence-electron chi connectivity index (χ2n) is 4.39. The fourth-order valence-corrected chi connectivity index (χ4v) is 3.07. The maximum absolute atomic E-state index is 11.2. The van der Waals surface area contributed by atoms with Gasteiger partial charge in [0.2, 0.25) is 0 Å². The molecule has 0 heterocycles. The van der Waals surface area contributed by atoms with Gasteiger partial charge in [0.05, 0.1) is 23.1 Å². The van der Waals surface area contributed by atoms with E-state index in [1.807, 2.05) is 0 Å². The lowest BCUT2D eigenvalue weighted by molar-refractivity contribution is -0.143. The predicted octanol–water partition coefficient (Wildman–Crippen LogP) is 4.13. The molecule has 0 aromatic heterocycles. The van der Waals surface area contributed by atoms with Gasteiger partial charge in [0, 0.05) is 17.1 Å². The number of esters is 1. The van der Waals surface area contributed by atoms with Crippen LogP contribution in [0.25, 0.3) is 0 Å². The summed E-state index contributed by atoms with van der Waals surface area (Å²) in [5.41, 5.74) is 0. The van der Waals surface area contributed by atoms with Gasteiger partial charge in [-0.25, -0.2) is 0 Å². The molecule has 116 valence electrons. The minimum absolute atomic E-state index is 0.234. The van der Waals surface area contributed by atoms with Gasteiger partial charge in [-0.15, -0.1) is 11.8 Å². The number of carboxylic acid groups (broad SMARTS) is 1. The molecule has 7 heteroatoms. The van der Waals surface area contributed by atoms with Crippen LogP contribution in [0, 0.1) is 5.92 Å². The average Bonchev–Trinajstić information content (AvgIpc) is 2.45. The van der Waals surface area contributed by atoms with E-state index >= 15 is 0 Å². The van der Waals surface area contributed by atoms with Crippen LogP contribution in [0.1, 0.15) is 19.3 Å². The number of carbonyl (C=O) groups is 2. The van der Waals surface area contributed by atoms with Crippen molar-refractivity contribution in [1.29, 1.82) is 0 Å². The van der Waals surface area contributed by atoms with Gasteiger partial charge in [-0.2, -0.15) is 0 Å². The number of carboxylic acids is 1. The van der Waals surface area contributed by atoms with Crippen LogP contribution in [0.3, 0.4) is 0 Å². The molecule has 1 aromatic carbocycles. The molecule has 0 aliphatic heterocycles. The van der Waals surface area contributed by atoms with Crippen molar-refractivity contribution in [2.75, 3.05) is 12.9 Å². The lowest BCUT2D eigenvalue weighted by Crippen LogP contribution is -2.16. The molecule has 0 radical (unpaired) electrons. The summed E-state index contributed by atoms with van der Waals surface area (Å²) in [6, 6.07) is 5.19. The van der Waals surface area contributed by atoms with Crippen molar-refractivity contribution in [3.63, 3.8) is 0 Å². The Labute approximate surface area is 137 Å². The minimum Gasteiger partial charge on any atom is -0.481 e. The number of benzene rings is 1. The van der Waals surface area contributed by atoms with Crippen LogP contribution < -0.4 is 0 Å². The zero-order chi connectivity index (χ0) is 15.8. The summed E-state index contributed by atoms with van der Waals surface area (Å²) in [7, 11) is 1.32. The SMILES string of the molecule is COC(=O)CCCC(CSc1ccc(Cl)c(Cl)c1)C(=O)O. The molecule has 0 saturated carbocycles. The van der Waals surface area contributed by atoms with Gasteiger partial charge in [-0.3, -0.25) is 9.59 Å². The van der Waals surface area contributed by atoms with E-state index in [4.69, 9.17) is 23.2 Å². The molecular weight excluding hydrogens is 335 g/mol. The molecule has 0 bridgehead atoms. The monoisotopic (exact) mass is 350 g/mol. The van der Waals surface area contributed by atoms with Crippen molar-refractivity contribution in [3.8, 4) is 0 Å². The van der Waals surface area contributed by atoms with Gasteiger partial charge >= 0.3 is 11.9 Å². The predicted molar refractivity (Wildman–Crippen MR) is 84.2 cm³/mol. The van der Waals surface area contributed by atoms with Crippen LogP contribution in [-0.2, 0) is 14.3 Å². The Hall–Kier alpha value is -0.910. The summed E-state index contributed by atoms with van der Waals surface area (Å²) in [4.78, 5) is 23.1. The Bertz CT molecular complexity index is 508. The van der Waals surface area contributed by atoms with Crippen molar-refractivity contribution < 1.29 is 19.4 Å². The van der Waals surface area contributed by atoms with E-state index in [1.54, 1.807) is 18.2 Å². The first-order chi connectivity index (χ1) is 9.93. The van der Waals surface area contributed by atoms with E-state index in [9.17, 15) is 14.7 Å². The van der Waals surface area contributed by atoms with Gasteiger partial charge in [0.1, 0.15) is 0 Å². The first-order valence-electron chi connectivity index (χ1n) is 6.31. The molecule has 0 saturated heterocycles. The summed E-state index contributed by atoms with van der Waals surface area (Å²) in [6.07, 6.45) is 1.15. The fraction of sp³-hybridized carbons (Fsp3) is 0.429. The van der Waals surface area contributed by atoms with Crippen LogP contribution in [0.4, 0.5) is 0 Å². The quantitative estimate of drug-likeness (QED) is 0.564. The molecule has 1 aromatic rings. The van der Waals surface area contributed by atoms with Gasteiger partial charge in [-0.1, -0.05) is 23.2 Å². The van der Waals surface area contributed by atoms with E-state index < -0.39 is 11.9 Å². The normalized spacial score (nSPS) is 12.0. The summed E-state index contributed by atoms with van der Waals surface area (Å²) >= 11 is 13.1. The topological polar surface area (TPSA) is 63.6 Å². The van der Waals surface area contributed by atoms with Crippen molar-refractivity contribution in [1.82, 2.24) is 0 Å². The largest absolute Gasteiger partial charge is 0.481 e. The molecular formula is C14H16Cl2O4S. The Kier molecular flexibility index (Phi) is 7.93. The molecule has 0 fully saturated rings. The van der Waals surface area contributed by atoms with Gasteiger partial charge < -0.3 is 9.84 Å². The third kappa shape index (κ3) is 6.59. The smallest absolute Gasteiger partial charge is 0.307 e. The summed E-state index contributed by atoms with van der Waals surface area (Å²) in [5.74, 6) is -1.30. The Morgan fingerprint density at radius 1 is 1.33 bits per heavy atom. The molecule has 0 aliphatic carbocycles. The molecule has 0 spiro atoms. The molecule has 1 atom stereocenters. The number of hydrogen-bond donors (Lipinski definition) is 1. The number of hydrogen-bond acceptors (Lipinski definition) is 4. The Morgan fingerprint density at radius 2 is 2.05 bits per heavy atom. The van der Waals surface area contributed by atoms with Crippen molar-refractivity contribution in [2.24, 2.45) is 5.92 Å². The molecule has 1 unspecified atom stereocenters. The third-order valence-corrected chi connectivity index (χ3v) is 4.75. The van der Waals surface area contributed by atoms with E-state index in [0.717, 1.165) is 4.90 Å². The molecule has 0 aliphatic rings. The fourth-order valence-electron chi connectivity index (χ4n) is 1.64. The van der Waals surface area contributed by atoms with Gasteiger partial charge in [-0.05, 0) is 31.0 Å². The van der Waals surface area contributed by atoms with Crippen molar-refractivity contribution >= 4 is 46.9 Å².